The fourth-order valence-electron chi connectivity index (χ4n) is 6.27. The third-order valence-electron chi connectivity index (χ3n) is 8.98. The van der Waals surface area contributed by atoms with E-state index in [2.05, 4.69) is 20.2 Å². The molecule has 1 amide bonds. The molecule has 248 valence electrons. The van der Waals surface area contributed by atoms with Crippen molar-refractivity contribution in [3.05, 3.63) is 53.9 Å². The highest BCUT2D eigenvalue weighted by Crippen LogP contribution is 2.36. The van der Waals surface area contributed by atoms with E-state index in [1.807, 2.05) is 18.2 Å². The van der Waals surface area contributed by atoms with Crippen LogP contribution in [0, 0.1) is 11.3 Å². The highest BCUT2D eigenvalue weighted by Gasteiger charge is 2.48. The Morgan fingerprint density at radius 3 is 2.57 bits per heavy atom. The van der Waals surface area contributed by atoms with Crippen molar-refractivity contribution in [3.8, 4) is 29.0 Å². The van der Waals surface area contributed by atoms with E-state index in [1.165, 1.54) is 25.4 Å². The average molecular weight is 650 g/mol. The van der Waals surface area contributed by atoms with Gasteiger partial charge in [0.25, 0.3) is 5.91 Å². The summed E-state index contributed by atoms with van der Waals surface area (Å²) in [7, 11) is 1.61. The summed E-state index contributed by atoms with van der Waals surface area (Å²) in [6, 6.07) is 12.8. The van der Waals surface area contributed by atoms with E-state index in [-0.39, 0.29) is 24.3 Å². The van der Waals surface area contributed by atoms with Crippen LogP contribution in [-0.4, -0.2) is 106 Å². The quantitative estimate of drug-likeness (QED) is 0.350. The molecule has 0 radical (unpaired) electrons. The van der Waals surface area contributed by atoms with Crippen molar-refractivity contribution in [3.63, 3.8) is 0 Å². The van der Waals surface area contributed by atoms with Crippen LogP contribution in [0.25, 0.3) is 11.3 Å². The number of aliphatic hydroxyl groups is 1. The number of likely N-dealkylation sites (tertiary alicyclic amines) is 2. The Hall–Kier alpha value is -4.45. The summed E-state index contributed by atoms with van der Waals surface area (Å²) in [6.45, 7) is 4.04. The number of carbonyl (C=O) groups is 1. The molecular weight excluding hydrogens is 612 g/mol. The molecule has 0 saturated carbocycles. The molecule has 0 aliphatic carbocycles. The summed E-state index contributed by atoms with van der Waals surface area (Å²) in [5.74, 6) is -2.21. The van der Waals surface area contributed by atoms with Crippen LogP contribution in [0.1, 0.15) is 43.2 Å². The number of halogens is 2. The lowest BCUT2D eigenvalue weighted by molar-refractivity contribution is -0.165. The van der Waals surface area contributed by atoms with E-state index in [1.54, 1.807) is 19.2 Å². The number of benzene rings is 1. The van der Waals surface area contributed by atoms with Gasteiger partial charge < -0.3 is 29.5 Å². The number of nitrogens with zero attached hydrogens (tertiary/aromatic N) is 6. The number of rotatable bonds is 9. The summed E-state index contributed by atoms with van der Waals surface area (Å²) in [5, 5.41) is 22.5. The van der Waals surface area contributed by atoms with Gasteiger partial charge in [0.05, 0.1) is 44.2 Å². The summed E-state index contributed by atoms with van der Waals surface area (Å²) < 4.78 is 46.5. The smallest absolute Gasteiger partial charge is 0.301 e. The fraction of sp³-hybridized carbons (Fsp3) is 0.485. The Morgan fingerprint density at radius 2 is 1.91 bits per heavy atom. The molecule has 0 unspecified atom stereocenters. The first-order valence-electron chi connectivity index (χ1n) is 15.7. The minimum atomic E-state index is -3.38. The van der Waals surface area contributed by atoms with Gasteiger partial charge in [-0.05, 0) is 69.1 Å². The van der Waals surface area contributed by atoms with E-state index in [4.69, 9.17) is 19.2 Å². The van der Waals surface area contributed by atoms with Crippen LogP contribution in [0.2, 0.25) is 0 Å². The number of ether oxygens (including phenoxy) is 3. The van der Waals surface area contributed by atoms with Gasteiger partial charge in [-0.3, -0.25) is 9.69 Å². The van der Waals surface area contributed by atoms with Crippen LogP contribution in [-0.2, 0) is 9.53 Å². The van der Waals surface area contributed by atoms with Gasteiger partial charge in [-0.25, -0.2) is 18.7 Å². The van der Waals surface area contributed by atoms with Gasteiger partial charge in [0.15, 0.2) is 6.10 Å². The standard InChI is InChI=1S/C33H37F2N7O5/c1-20(43)32(44)42-12-9-28(33(34,35)18-42)47-27-5-3-22(13-23(27)15-36)26-14-30(38-19-37-26)39-29-6-4-25(31(40-29)45-2)21-7-10-41(11-8-21)24-16-46-17-24/h3-6,13-14,19-21,24,28,43H,7-12,16-18H2,1-2H3,(H,37,38,39,40)/t20-,28-/m1/s1. The number of alkyl halides is 2. The molecule has 5 heterocycles. The molecule has 3 saturated heterocycles. The van der Waals surface area contributed by atoms with Crippen molar-refractivity contribution in [2.24, 2.45) is 0 Å². The predicted molar refractivity (Wildman–Crippen MR) is 167 cm³/mol. The average Bonchev–Trinajstić information content (AvgIpc) is 3.05. The van der Waals surface area contributed by atoms with Gasteiger partial charge in [0, 0.05) is 30.2 Å². The summed E-state index contributed by atoms with van der Waals surface area (Å²) in [6.07, 6.45) is 0.358. The molecule has 3 aliphatic rings. The second kappa shape index (κ2) is 13.7. The number of anilines is 2. The van der Waals surface area contributed by atoms with Crippen LogP contribution in [0.15, 0.2) is 42.7 Å². The maximum atomic E-state index is 14.9. The van der Waals surface area contributed by atoms with E-state index in [0.29, 0.717) is 40.7 Å². The van der Waals surface area contributed by atoms with E-state index in [9.17, 15) is 23.9 Å². The summed E-state index contributed by atoms with van der Waals surface area (Å²) >= 11 is 0. The Kier molecular flexibility index (Phi) is 9.49. The lowest BCUT2D eigenvalue weighted by atomic mass is 9.89. The Bertz CT molecular complexity index is 1640. The third kappa shape index (κ3) is 7.12. The minimum absolute atomic E-state index is 0.0000222. The largest absolute Gasteiger partial charge is 0.483 e. The number of nitrogens with one attached hydrogen (secondary N) is 1. The van der Waals surface area contributed by atoms with Gasteiger partial charge in [-0.1, -0.05) is 0 Å². The molecule has 1 aromatic carbocycles. The summed E-state index contributed by atoms with van der Waals surface area (Å²) in [4.78, 5) is 28.8. The number of methoxy groups -OCH3 is 1. The molecule has 2 aromatic heterocycles. The van der Waals surface area contributed by atoms with Gasteiger partial charge in [-0.2, -0.15) is 10.2 Å². The predicted octanol–water partition coefficient (Wildman–Crippen LogP) is 3.74. The number of hydrogen-bond acceptors (Lipinski definition) is 11. The first kappa shape index (κ1) is 32.5. The minimum Gasteiger partial charge on any atom is -0.483 e. The molecule has 3 fully saturated rings. The second-order valence-corrected chi connectivity index (χ2v) is 12.1. The van der Waals surface area contributed by atoms with E-state index >= 15 is 0 Å². The Labute approximate surface area is 271 Å². The normalized spacial score (nSPS) is 20.9. The maximum Gasteiger partial charge on any atom is 0.301 e. The summed E-state index contributed by atoms with van der Waals surface area (Å²) in [5.41, 5.74) is 2.19. The van der Waals surface area contributed by atoms with Crippen LogP contribution in [0.5, 0.6) is 11.6 Å². The zero-order valence-corrected chi connectivity index (χ0v) is 26.2. The van der Waals surface area contributed by atoms with Crippen molar-refractivity contribution < 1.29 is 32.9 Å². The Balaban J connectivity index is 1.12. The van der Waals surface area contributed by atoms with Gasteiger partial charge in [-0.15, -0.1) is 0 Å². The van der Waals surface area contributed by atoms with Crippen molar-refractivity contribution >= 4 is 17.5 Å². The lowest BCUT2D eigenvalue weighted by Crippen LogP contribution is -2.56. The lowest BCUT2D eigenvalue weighted by Gasteiger charge is -2.41. The van der Waals surface area contributed by atoms with Crippen LogP contribution in [0.3, 0.4) is 0 Å². The molecule has 47 heavy (non-hydrogen) atoms. The number of aliphatic hydroxyl groups excluding tert-OH is 1. The topological polar surface area (TPSA) is 146 Å². The number of aromatic nitrogens is 3. The van der Waals surface area contributed by atoms with Crippen molar-refractivity contribution in [2.75, 3.05) is 51.8 Å². The highest BCUT2D eigenvalue weighted by atomic mass is 19.3. The number of pyridine rings is 1. The number of amides is 1. The molecular formula is C33H37F2N7O5. The molecule has 6 rings (SSSR count). The molecule has 0 bridgehead atoms. The van der Waals surface area contributed by atoms with Gasteiger partial charge in [0.1, 0.15) is 35.9 Å². The van der Waals surface area contributed by atoms with Gasteiger partial charge >= 0.3 is 5.92 Å². The molecule has 2 N–H and O–H groups in total. The second-order valence-electron chi connectivity index (χ2n) is 12.1. The molecule has 0 spiro atoms. The SMILES string of the molecule is COc1nc(Nc2cc(-c3ccc(O[C@@H]4CCN(C(=O)[C@@H](C)O)CC4(F)F)c(C#N)c3)ncn2)ccc1C1CCN(C2COC2)CC1. The zero-order chi connectivity index (χ0) is 33.1. The number of carbonyl (C=O) groups excluding carboxylic acids is 1. The van der Waals surface area contributed by atoms with Gasteiger partial charge in [0.2, 0.25) is 5.88 Å². The van der Waals surface area contributed by atoms with Crippen molar-refractivity contribution in [1.82, 2.24) is 24.8 Å². The highest BCUT2D eigenvalue weighted by molar-refractivity contribution is 5.80. The van der Waals surface area contributed by atoms with Crippen LogP contribution < -0.4 is 14.8 Å². The molecule has 3 aromatic rings. The van der Waals surface area contributed by atoms with Crippen LogP contribution in [0.4, 0.5) is 20.4 Å². The monoisotopic (exact) mass is 649 g/mol. The maximum absolute atomic E-state index is 14.9. The van der Waals surface area contributed by atoms with E-state index in [0.717, 1.165) is 49.6 Å². The van der Waals surface area contributed by atoms with Crippen LogP contribution >= 0.6 is 0 Å². The number of piperidine rings is 2. The molecule has 3 aliphatic heterocycles. The Morgan fingerprint density at radius 1 is 1.13 bits per heavy atom. The van der Waals surface area contributed by atoms with Crippen molar-refractivity contribution in [1.29, 1.82) is 5.26 Å². The number of hydrogen-bond donors (Lipinski definition) is 2. The number of nitriles is 1. The zero-order valence-electron chi connectivity index (χ0n) is 26.2. The van der Waals surface area contributed by atoms with E-state index < -0.39 is 30.6 Å². The molecule has 12 nitrogen and oxygen atoms in total. The first-order valence-corrected chi connectivity index (χ1v) is 15.7. The molecule has 14 heteroatoms. The van der Waals surface area contributed by atoms with Crippen molar-refractivity contribution in [2.45, 2.75) is 56.3 Å². The molecule has 2 atom stereocenters. The first-order chi connectivity index (χ1) is 22.6. The third-order valence-corrected chi connectivity index (χ3v) is 8.98. The fourth-order valence-corrected chi connectivity index (χ4v) is 6.27.